The zero-order valence-corrected chi connectivity index (χ0v) is 18.5. The molecule has 1 N–H and O–H groups in total. The molecule has 4 heteroatoms. The summed E-state index contributed by atoms with van der Waals surface area (Å²) in [7, 11) is 0. The van der Waals surface area contributed by atoms with E-state index in [-0.39, 0.29) is 29.2 Å². The standard InChI is InChI=1S/C27H32O4/c1-3-31-26(30)17-6-4-16(5-7-17)22-15-27(2)23(12-13-24(27)29)21-10-8-18-14-19(28)9-11-20(18)25(21)22/h4-7,14,21-24,29H,3,8-13,15H2,1-2H3. The Balaban J connectivity index is 1.59. The summed E-state index contributed by atoms with van der Waals surface area (Å²) in [5, 5.41) is 10.9. The maximum Gasteiger partial charge on any atom is 0.338 e. The fourth-order valence-corrected chi connectivity index (χ4v) is 7.00. The second kappa shape index (κ2) is 7.74. The van der Waals surface area contributed by atoms with Crippen LogP contribution in [-0.4, -0.2) is 29.6 Å². The molecule has 0 bridgehead atoms. The van der Waals surface area contributed by atoms with Crippen LogP contribution in [0.3, 0.4) is 0 Å². The topological polar surface area (TPSA) is 63.6 Å². The highest BCUT2D eigenvalue weighted by Crippen LogP contribution is 2.63. The molecule has 0 heterocycles. The average Bonchev–Trinajstić information content (AvgIpc) is 3.07. The number of hydrogen-bond donors (Lipinski definition) is 1. The van der Waals surface area contributed by atoms with Gasteiger partial charge in [-0.25, -0.2) is 4.79 Å². The van der Waals surface area contributed by atoms with Gasteiger partial charge in [0.15, 0.2) is 5.78 Å². The van der Waals surface area contributed by atoms with Gasteiger partial charge in [0.05, 0.1) is 18.3 Å². The summed E-state index contributed by atoms with van der Waals surface area (Å²) in [4.78, 5) is 24.2. The summed E-state index contributed by atoms with van der Waals surface area (Å²) in [6.45, 7) is 4.47. The predicted molar refractivity (Wildman–Crippen MR) is 119 cm³/mol. The molecule has 0 aliphatic heterocycles. The number of ketones is 1. The summed E-state index contributed by atoms with van der Waals surface area (Å²) < 4.78 is 5.15. The normalized spacial score (nSPS) is 34.5. The van der Waals surface area contributed by atoms with Crippen LogP contribution in [0.5, 0.6) is 0 Å². The molecule has 1 aromatic carbocycles. The van der Waals surface area contributed by atoms with E-state index in [1.165, 1.54) is 22.3 Å². The highest BCUT2D eigenvalue weighted by molar-refractivity contribution is 5.93. The molecule has 4 aliphatic carbocycles. The van der Waals surface area contributed by atoms with E-state index in [4.69, 9.17) is 4.74 Å². The average molecular weight is 421 g/mol. The maximum atomic E-state index is 12.1. The molecular weight excluding hydrogens is 388 g/mol. The summed E-state index contributed by atoms with van der Waals surface area (Å²) in [6.07, 6.45) is 8.04. The number of allylic oxidation sites excluding steroid dienone is 4. The lowest BCUT2D eigenvalue weighted by atomic mass is 9.53. The van der Waals surface area contributed by atoms with Crippen LogP contribution >= 0.6 is 0 Å². The van der Waals surface area contributed by atoms with Crippen molar-refractivity contribution in [3.63, 3.8) is 0 Å². The second-order valence-electron chi connectivity index (χ2n) is 10.0. The predicted octanol–water partition coefficient (Wildman–Crippen LogP) is 5.12. The minimum atomic E-state index is -0.287. The number of carbonyl (C=O) groups is 2. The number of aliphatic hydroxyl groups excluding tert-OH is 1. The molecule has 31 heavy (non-hydrogen) atoms. The van der Waals surface area contributed by atoms with Gasteiger partial charge in [-0.1, -0.05) is 24.6 Å². The van der Waals surface area contributed by atoms with E-state index < -0.39 is 0 Å². The lowest BCUT2D eigenvalue weighted by Gasteiger charge is -2.52. The fourth-order valence-electron chi connectivity index (χ4n) is 7.00. The number of rotatable bonds is 3. The molecule has 2 fully saturated rings. The van der Waals surface area contributed by atoms with Crippen LogP contribution in [0.1, 0.15) is 80.6 Å². The molecule has 0 saturated heterocycles. The third-order valence-corrected chi connectivity index (χ3v) is 8.51. The first kappa shape index (κ1) is 20.7. The molecule has 0 spiro atoms. The van der Waals surface area contributed by atoms with Crippen LogP contribution in [0.4, 0.5) is 0 Å². The number of hydrogen-bond acceptors (Lipinski definition) is 4. The molecular formula is C27H32O4. The number of ether oxygens (including phenoxy) is 1. The first-order chi connectivity index (χ1) is 14.9. The molecule has 164 valence electrons. The number of aliphatic hydroxyl groups is 1. The summed E-state index contributed by atoms with van der Waals surface area (Å²) in [6, 6.07) is 7.88. The number of fused-ring (bicyclic) bond motifs is 4. The van der Waals surface area contributed by atoms with Crippen molar-refractivity contribution in [3.05, 3.63) is 58.2 Å². The van der Waals surface area contributed by atoms with Crippen molar-refractivity contribution in [2.45, 2.75) is 70.8 Å². The lowest BCUT2D eigenvalue weighted by Crippen LogP contribution is -2.45. The van der Waals surface area contributed by atoms with Gasteiger partial charge in [-0.3, -0.25) is 4.79 Å². The smallest absolute Gasteiger partial charge is 0.338 e. The lowest BCUT2D eigenvalue weighted by molar-refractivity contribution is -0.114. The van der Waals surface area contributed by atoms with E-state index in [0.29, 0.717) is 30.4 Å². The van der Waals surface area contributed by atoms with E-state index in [9.17, 15) is 14.7 Å². The summed E-state index contributed by atoms with van der Waals surface area (Å²) in [5.74, 6) is 1.18. The van der Waals surface area contributed by atoms with Gasteiger partial charge < -0.3 is 9.84 Å². The fraction of sp³-hybridized carbons (Fsp3) is 0.556. The van der Waals surface area contributed by atoms with Crippen LogP contribution in [0.2, 0.25) is 0 Å². The second-order valence-corrected chi connectivity index (χ2v) is 10.0. The molecule has 4 aliphatic rings. The molecule has 0 radical (unpaired) electrons. The van der Waals surface area contributed by atoms with Gasteiger partial charge in [0, 0.05) is 12.3 Å². The minimum absolute atomic E-state index is 0.0785. The largest absolute Gasteiger partial charge is 0.462 e. The first-order valence-electron chi connectivity index (χ1n) is 11.8. The molecule has 5 atom stereocenters. The van der Waals surface area contributed by atoms with Crippen molar-refractivity contribution >= 4 is 11.8 Å². The Hall–Kier alpha value is -2.20. The zero-order chi connectivity index (χ0) is 21.8. The zero-order valence-electron chi connectivity index (χ0n) is 18.5. The van der Waals surface area contributed by atoms with E-state index in [1.807, 2.05) is 25.1 Å². The van der Waals surface area contributed by atoms with Gasteiger partial charge >= 0.3 is 5.97 Å². The van der Waals surface area contributed by atoms with Crippen molar-refractivity contribution in [2.75, 3.05) is 6.61 Å². The maximum absolute atomic E-state index is 12.1. The molecule has 5 unspecified atom stereocenters. The van der Waals surface area contributed by atoms with Gasteiger partial charge in [0.25, 0.3) is 0 Å². The van der Waals surface area contributed by atoms with Crippen molar-refractivity contribution in [3.8, 4) is 0 Å². The van der Waals surface area contributed by atoms with E-state index in [1.54, 1.807) is 0 Å². The quantitative estimate of drug-likeness (QED) is 0.689. The van der Waals surface area contributed by atoms with Gasteiger partial charge in [0.1, 0.15) is 0 Å². The van der Waals surface area contributed by atoms with Gasteiger partial charge in [-0.15, -0.1) is 0 Å². The number of benzene rings is 1. The van der Waals surface area contributed by atoms with Crippen LogP contribution in [-0.2, 0) is 9.53 Å². The molecule has 4 nitrogen and oxygen atoms in total. The minimum Gasteiger partial charge on any atom is -0.462 e. The molecule has 2 saturated carbocycles. The Morgan fingerprint density at radius 3 is 2.65 bits per heavy atom. The van der Waals surface area contributed by atoms with E-state index in [0.717, 1.165) is 38.5 Å². The Morgan fingerprint density at radius 2 is 1.90 bits per heavy atom. The Kier molecular flexibility index (Phi) is 5.16. The molecule has 1 aromatic rings. The Bertz CT molecular complexity index is 969. The van der Waals surface area contributed by atoms with Crippen LogP contribution in [0.25, 0.3) is 0 Å². The van der Waals surface area contributed by atoms with Crippen molar-refractivity contribution in [2.24, 2.45) is 17.3 Å². The van der Waals surface area contributed by atoms with Gasteiger partial charge in [0.2, 0.25) is 0 Å². The molecule has 0 amide bonds. The Labute approximate surface area is 184 Å². The monoisotopic (exact) mass is 420 g/mol. The van der Waals surface area contributed by atoms with Crippen LogP contribution in [0.15, 0.2) is 47.1 Å². The SMILES string of the molecule is CCOC(=O)c1ccc(C2CC3(C)C(O)CCC3C3CCC4=CC(=O)CCC4=C23)cc1. The van der Waals surface area contributed by atoms with Crippen LogP contribution in [0, 0.1) is 17.3 Å². The first-order valence-corrected chi connectivity index (χ1v) is 11.8. The highest BCUT2D eigenvalue weighted by Gasteiger charge is 2.56. The molecule has 5 rings (SSSR count). The highest BCUT2D eigenvalue weighted by atomic mass is 16.5. The van der Waals surface area contributed by atoms with E-state index >= 15 is 0 Å². The van der Waals surface area contributed by atoms with Crippen LogP contribution < -0.4 is 0 Å². The third-order valence-electron chi connectivity index (χ3n) is 8.51. The number of carbonyl (C=O) groups excluding carboxylic acids is 2. The summed E-state index contributed by atoms with van der Waals surface area (Å²) >= 11 is 0. The van der Waals surface area contributed by atoms with Crippen molar-refractivity contribution < 1.29 is 19.4 Å². The third kappa shape index (κ3) is 3.31. The van der Waals surface area contributed by atoms with Crippen molar-refractivity contribution in [1.29, 1.82) is 0 Å². The van der Waals surface area contributed by atoms with Gasteiger partial charge in [-0.05, 0) is 97.6 Å². The number of esters is 1. The summed E-state index contributed by atoms with van der Waals surface area (Å²) in [5.41, 5.74) is 5.89. The van der Waals surface area contributed by atoms with E-state index in [2.05, 4.69) is 19.1 Å². The van der Waals surface area contributed by atoms with Gasteiger partial charge in [-0.2, -0.15) is 0 Å². The molecule has 0 aromatic heterocycles. The van der Waals surface area contributed by atoms with Crippen molar-refractivity contribution in [1.82, 2.24) is 0 Å². The Morgan fingerprint density at radius 1 is 1.13 bits per heavy atom.